The molecule has 132 valence electrons. The number of amides is 2. The fourth-order valence-corrected chi connectivity index (χ4v) is 3.06. The summed E-state index contributed by atoms with van der Waals surface area (Å²) in [7, 11) is 0. The summed E-state index contributed by atoms with van der Waals surface area (Å²) in [6.07, 6.45) is 4.01. The normalized spacial score (nSPS) is 16.1. The van der Waals surface area contributed by atoms with Crippen molar-refractivity contribution in [1.82, 2.24) is 10.2 Å². The van der Waals surface area contributed by atoms with Crippen LogP contribution in [0.25, 0.3) is 0 Å². The van der Waals surface area contributed by atoms with Crippen LogP contribution < -0.4 is 5.32 Å². The fraction of sp³-hybridized carbons (Fsp3) is 0.579. The molecule has 0 saturated carbocycles. The molecule has 1 aromatic carbocycles. The number of halogens is 1. The van der Waals surface area contributed by atoms with Crippen LogP contribution in [0.2, 0.25) is 0 Å². The van der Waals surface area contributed by atoms with Gasteiger partial charge in [-0.25, -0.2) is 4.39 Å². The van der Waals surface area contributed by atoms with Crippen molar-refractivity contribution in [3.63, 3.8) is 0 Å². The van der Waals surface area contributed by atoms with Crippen LogP contribution >= 0.6 is 0 Å². The third-order valence-electron chi connectivity index (χ3n) is 4.29. The summed E-state index contributed by atoms with van der Waals surface area (Å²) in [5.74, 6) is -0.180. The van der Waals surface area contributed by atoms with E-state index < -0.39 is 6.04 Å². The molecule has 1 aromatic rings. The highest BCUT2D eigenvalue weighted by Crippen LogP contribution is 2.14. The Bertz CT molecular complexity index is 551. The molecule has 0 spiro atoms. The number of carbonyl (C=O) groups is 2. The van der Waals surface area contributed by atoms with Gasteiger partial charge >= 0.3 is 0 Å². The molecule has 1 fully saturated rings. The van der Waals surface area contributed by atoms with Gasteiger partial charge in [0.1, 0.15) is 11.9 Å². The zero-order valence-electron chi connectivity index (χ0n) is 14.6. The summed E-state index contributed by atoms with van der Waals surface area (Å²) in [6.45, 7) is 5.65. The van der Waals surface area contributed by atoms with Gasteiger partial charge in [0.25, 0.3) is 0 Å². The molecule has 1 N–H and O–H groups in total. The first kappa shape index (κ1) is 18.4. The number of hydrogen-bond donors (Lipinski definition) is 1. The minimum atomic E-state index is -0.476. The Balaban J connectivity index is 1.97. The number of piperidine rings is 1. The Morgan fingerprint density at radius 1 is 1.12 bits per heavy atom. The van der Waals surface area contributed by atoms with E-state index in [1.807, 2.05) is 18.7 Å². The number of benzene rings is 1. The molecule has 0 aliphatic carbocycles. The van der Waals surface area contributed by atoms with Crippen LogP contribution in [0.5, 0.6) is 0 Å². The molecule has 1 aliphatic heterocycles. The Morgan fingerprint density at radius 3 is 2.33 bits per heavy atom. The van der Waals surface area contributed by atoms with E-state index in [1.54, 1.807) is 12.1 Å². The summed E-state index contributed by atoms with van der Waals surface area (Å²) in [5, 5.41) is 2.88. The predicted molar refractivity (Wildman–Crippen MR) is 91.9 cm³/mol. The van der Waals surface area contributed by atoms with Crippen LogP contribution in [0.15, 0.2) is 24.3 Å². The molecule has 2 rings (SSSR count). The number of hydrogen-bond acceptors (Lipinski definition) is 2. The average molecular weight is 334 g/mol. The van der Waals surface area contributed by atoms with Crippen molar-refractivity contribution in [1.29, 1.82) is 0 Å². The molecule has 24 heavy (non-hydrogen) atoms. The molecule has 0 radical (unpaired) electrons. The number of rotatable bonds is 6. The highest BCUT2D eigenvalue weighted by Gasteiger charge is 2.27. The summed E-state index contributed by atoms with van der Waals surface area (Å²) in [5.41, 5.74) is 0.739. The lowest BCUT2D eigenvalue weighted by Crippen LogP contribution is -2.50. The van der Waals surface area contributed by atoms with Crippen molar-refractivity contribution in [3.8, 4) is 0 Å². The summed E-state index contributed by atoms with van der Waals surface area (Å²) in [6, 6.07) is 5.40. The van der Waals surface area contributed by atoms with Crippen LogP contribution in [0.3, 0.4) is 0 Å². The first-order valence-corrected chi connectivity index (χ1v) is 8.78. The van der Waals surface area contributed by atoms with Crippen molar-refractivity contribution in [2.24, 2.45) is 5.92 Å². The van der Waals surface area contributed by atoms with E-state index in [1.165, 1.54) is 12.1 Å². The summed E-state index contributed by atoms with van der Waals surface area (Å²) < 4.78 is 12.9. The van der Waals surface area contributed by atoms with Gasteiger partial charge in [-0.2, -0.15) is 0 Å². The molecule has 1 saturated heterocycles. The lowest BCUT2D eigenvalue weighted by molar-refractivity contribution is -0.137. The molecular formula is C19H27FN2O2. The molecule has 2 amide bonds. The lowest BCUT2D eigenvalue weighted by Gasteiger charge is -2.31. The van der Waals surface area contributed by atoms with Crippen LogP contribution in [0.1, 0.15) is 45.1 Å². The second-order valence-corrected chi connectivity index (χ2v) is 6.94. The Kier molecular flexibility index (Phi) is 6.76. The quantitative estimate of drug-likeness (QED) is 0.869. The highest BCUT2D eigenvalue weighted by atomic mass is 19.1. The topological polar surface area (TPSA) is 49.4 Å². The molecule has 0 aromatic heterocycles. The zero-order valence-corrected chi connectivity index (χ0v) is 14.6. The van der Waals surface area contributed by atoms with Crippen molar-refractivity contribution in [3.05, 3.63) is 35.6 Å². The van der Waals surface area contributed by atoms with E-state index in [0.29, 0.717) is 12.3 Å². The maximum Gasteiger partial charge on any atom is 0.245 e. The first-order chi connectivity index (χ1) is 11.5. The van der Waals surface area contributed by atoms with E-state index >= 15 is 0 Å². The minimum Gasteiger partial charge on any atom is -0.344 e. The van der Waals surface area contributed by atoms with Crippen molar-refractivity contribution < 1.29 is 14.0 Å². The van der Waals surface area contributed by atoms with Gasteiger partial charge in [-0.1, -0.05) is 26.0 Å². The van der Waals surface area contributed by atoms with E-state index in [-0.39, 0.29) is 24.1 Å². The zero-order chi connectivity index (χ0) is 17.5. The lowest BCUT2D eigenvalue weighted by atomic mass is 10.0. The average Bonchev–Trinajstić information content (AvgIpc) is 2.56. The van der Waals surface area contributed by atoms with Gasteiger partial charge in [0.05, 0.1) is 6.42 Å². The molecule has 0 bridgehead atoms. The van der Waals surface area contributed by atoms with Crippen molar-refractivity contribution in [2.75, 3.05) is 13.1 Å². The fourth-order valence-electron chi connectivity index (χ4n) is 3.06. The first-order valence-electron chi connectivity index (χ1n) is 8.78. The number of nitrogens with one attached hydrogen (secondary N) is 1. The van der Waals surface area contributed by atoms with E-state index in [2.05, 4.69) is 5.32 Å². The monoisotopic (exact) mass is 334 g/mol. The number of likely N-dealkylation sites (tertiary alicyclic amines) is 1. The van der Waals surface area contributed by atoms with Crippen LogP contribution in [0, 0.1) is 11.7 Å². The van der Waals surface area contributed by atoms with Gasteiger partial charge in [-0.15, -0.1) is 0 Å². The van der Waals surface area contributed by atoms with Gasteiger partial charge in [-0.3, -0.25) is 9.59 Å². The predicted octanol–water partition coefficient (Wildman–Crippen LogP) is 2.91. The largest absolute Gasteiger partial charge is 0.344 e. The SMILES string of the molecule is CC(C)C[C@@H](NC(=O)Cc1ccc(F)cc1)C(=O)N1CCCCC1. The van der Waals surface area contributed by atoms with Crippen LogP contribution in [0.4, 0.5) is 4.39 Å². The molecule has 4 nitrogen and oxygen atoms in total. The molecule has 0 unspecified atom stereocenters. The maximum absolute atomic E-state index is 12.9. The molecular weight excluding hydrogens is 307 g/mol. The van der Waals surface area contributed by atoms with Gasteiger partial charge in [0, 0.05) is 13.1 Å². The van der Waals surface area contributed by atoms with E-state index in [9.17, 15) is 14.0 Å². The molecule has 5 heteroatoms. The summed E-state index contributed by atoms with van der Waals surface area (Å²) in [4.78, 5) is 26.9. The van der Waals surface area contributed by atoms with Gasteiger partial charge in [-0.05, 0) is 49.3 Å². The molecule has 1 atom stereocenters. The Labute approximate surface area is 143 Å². The van der Waals surface area contributed by atoms with E-state index in [0.717, 1.165) is 37.9 Å². The number of carbonyl (C=O) groups excluding carboxylic acids is 2. The maximum atomic E-state index is 12.9. The second kappa shape index (κ2) is 8.81. The molecule has 1 aliphatic rings. The number of nitrogens with zero attached hydrogens (tertiary/aromatic N) is 1. The van der Waals surface area contributed by atoms with Crippen molar-refractivity contribution >= 4 is 11.8 Å². The standard InChI is InChI=1S/C19H27FN2O2/c1-14(2)12-17(19(24)22-10-4-3-5-11-22)21-18(23)13-15-6-8-16(20)9-7-15/h6-9,14,17H,3-5,10-13H2,1-2H3,(H,21,23)/t17-/m1/s1. The Morgan fingerprint density at radius 2 is 1.75 bits per heavy atom. The van der Waals surface area contributed by atoms with Gasteiger partial charge in [0.15, 0.2) is 0 Å². The third kappa shape index (κ3) is 5.62. The third-order valence-corrected chi connectivity index (χ3v) is 4.29. The highest BCUT2D eigenvalue weighted by molar-refractivity contribution is 5.88. The van der Waals surface area contributed by atoms with Gasteiger partial charge in [0.2, 0.25) is 11.8 Å². The minimum absolute atomic E-state index is 0.0239. The van der Waals surface area contributed by atoms with Crippen molar-refractivity contribution in [2.45, 2.75) is 52.0 Å². The van der Waals surface area contributed by atoms with Crippen LogP contribution in [-0.4, -0.2) is 35.8 Å². The Hall–Kier alpha value is -1.91. The molecule has 1 heterocycles. The van der Waals surface area contributed by atoms with Gasteiger partial charge < -0.3 is 10.2 Å². The van der Waals surface area contributed by atoms with Crippen LogP contribution in [-0.2, 0) is 16.0 Å². The van der Waals surface area contributed by atoms with E-state index in [4.69, 9.17) is 0 Å². The smallest absolute Gasteiger partial charge is 0.245 e. The summed E-state index contributed by atoms with van der Waals surface area (Å²) >= 11 is 0. The second-order valence-electron chi connectivity index (χ2n) is 6.94.